The Morgan fingerprint density at radius 3 is 2.71 bits per heavy atom. The molecule has 0 bridgehead atoms. The van der Waals surface area contributed by atoms with Crippen LogP contribution < -0.4 is 9.64 Å². The minimum atomic E-state index is -0.599. The molecule has 0 aromatic heterocycles. The Labute approximate surface area is 164 Å². The zero-order valence-electron chi connectivity index (χ0n) is 15.9. The number of nitro groups is 1. The van der Waals surface area contributed by atoms with Crippen LogP contribution in [0.2, 0.25) is 0 Å². The van der Waals surface area contributed by atoms with E-state index < -0.39 is 10.9 Å². The number of hydrogen-bond donors (Lipinski definition) is 0. The van der Waals surface area contributed by atoms with Crippen LogP contribution in [0.25, 0.3) is 0 Å². The molecule has 7 heteroatoms. The molecule has 1 atom stereocenters. The number of anilines is 1. The Kier molecular flexibility index (Phi) is 6.47. The van der Waals surface area contributed by atoms with Crippen LogP contribution >= 0.6 is 0 Å². The fourth-order valence-electron chi connectivity index (χ4n) is 3.37. The number of esters is 1. The third-order valence-electron chi connectivity index (χ3n) is 4.73. The molecule has 1 aliphatic rings. The van der Waals surface area contributed by atoms with Crippen LogP contribution in [0, 0.1) is 16.0 Å². The monoisotopic (exact) mass is 384 g/mol. The normalized spacial score (nSPS) is 16.5. The number of rotatable bonds is 7. The van der Waals surface area contributed by atoms with Crippen molar-refractivity contribution >= 4 is 17.3 Å². The lowest BCUT2D eigenvalue weighted by atomic mass is 9.99. The maximum absolute atomic E-state index is 12.3. The number of nitro benzene ring substituents is 1. The number of nitrogens with zero attached hydrogens (tertiary/aromatic N) is 2. The van der Waals surface area contributed by atoms with Gasteiger partial charge in [-0.05, 0) is 43.0 Å². The number of piperidine rings is 1. The van der Waals surface area contributed by atoms with E-state index in [2.05, 4.69) is 6.92 Å². The Balaban J connectivity index is 1.62. The molecule has 7 nitrogen and oxygen atoms in total. The smallest absolute Gasteiger partial charge is 0.338 e. The highest BCUT2D eigenvalue weighted by molar-refractivity contribution is 5.91. The second kappa shape index (κ2) is 9.21. The largest absolute Gasteiger partial charge is 0.490 e. The van der Waals surface area contributed by atoms with E-state index in [1.807, 2.05) is 35.2 Å². The molecule has 1 fully saturated rings. The summed E-state index contributed by atoms with van der Waals surface area (Å²) in [4.78, 5) is 25.4. The molecule has 2 aromatic carbocycles. The number of carbonyl (C=O) groups excluding carboxylic acids is 1. The molecule has 0 saturated carbocycles. The third kappa shape index (κ3) is 5.00. The van der Waals surface area contributed by atoms with E-state index in [0.717, 1.165) is 25.9 Å². The van der Waals surface area contributed by atoms with Gasteiger partial charge in [0.1, 0.15) is 24.7 Å². The maximum atomic E-state index is 12.3. The molecular formula is C21H24N2O5. The number of para-hydroxylation sites is 1. The lowest BCUT2D eigenvalue weighted by Crippen LogP contribution is -2.34. The summed E-state index contributed by atoms with van der Waals surface area (Å²) < 4.78 is 10.7. The first-order valence-electron chi connectivity index (χ1n) is 9.43. The van der Waals surface area contributed by atoms with Gasteiger partial charge >= 0.3 is 5.97 Å². The van der Waals surface area contributed by atoms with Crippen molar-refractivity contribution in [2.75, 3.05) is 31.2 Å². The number of benzene rings is 2. The average Bonchev–Trinajstić information content (AvgIpc) is 2.71. The molecule has 0 aliphatic carbocycles. The van der Waals surface area contributed by atoms with Gasteiger partial charge in [-0.15, -0.1) is 0 Å². The summed E-state index contributed by atoms with van der Waals surface area (Å²) in [6, 6.07) is 13.7. The predicted octanol–water partition coefficient (Wildman–Crippen LogP) is 4.07. The summed E-state index contributed by atoms with van der Waals surface area (Å²) in [5.41, 5.74) is 0.657. The number of hydrogen-bond acceptors (Lipinski definition) is 6. The van der Waals surface area contributed by atoms with E-state index >= 15 is 0 Å². The molecule has 0 unspecified atom stereocenters. The van der Waals surface area contributed by atoms with E-state index in [-0.39, 0.29) is 24.5 Å². The van der Waals surface area contributed by atoms with Gasteiger partial charge in [-0.1, -0.05) is 25.1 Å². The van der Waals surface area contributed by atoms with Crippen LogP contribution in [-0.4, -0.2) is 37.2 Å². The average molecular weight is 384 g/mol. The molecule has 1 saturated heterocycles. The second-order valence-corrected chi connectivity index (χ2v) is 6.95. The van der Waals surface area contributed by atoms with Crippen LogP contribution in [-0.2, 0) is 4.74 Å². The van der Waals surface area contributed by atoms with Crippen molar-refractivity contribution in [2.24, 2.45) is 5.92 Å². The first-order valence-corrected chi connectivity index (χ1v) is 9.43. The van der Waals surface area contributed by atoms with Gasteiger partial charge < -0.3 is 14.4 Å². The summed E-state index contributed by atoms with van der Waals surface area (Å²) in [6.45, 7) is 3.98. The van der Waals surface area contributed by atoms with Gasteiger partial charge in [0.2, 0.25) is 0 Å². The Bertz CT molecular complexity index is 825. The SMILES string of the molecule is C[C@H]1CCCN(c2ccc(C(=O)OCCOc3ccccc3)cc2[N+](=O)[O-])C1. The second-order valence-electron chi connectivity index (χ2n) is 6.95. The topological polar surface area (TPSA) is 81.9 Å². The molecule has 3 rings (SSSR count). The van der Waals surface area contributed by atoms with Gasteiger partial charge in [-0.2, -0.15) is 0 Å². The van der Waals surface area contributed by atoms with E-state index in [0.29, 0.717) is 17.4 Å². The Morgan fingerprint density at radius 2 is 2.00 bits per heavy atom. The molecule has 0 radical (unpaired) electrons. The highest BCUT2D eigenvalue weighted by Crippen LogP contribution is 2.32. The zero-order chi connectivity index (χ0) is 19.9. The van der Waals surface area contributed by atoms with Crippen molar-refractivity contribution in [1.29, 1.82) is 0 Å². The van der Waals surface area contributed by atoms with E-state index in [1.165, 1.54) is 6.07 Å². The van der Waals surface area contributed by atoms with Crippen molar-refractivity contribution in [3.05, 3.63) is 64.2 Å². The van der Waals surface area contributed by atoms with Gasteiger partial charge in [0.05, 0.1) is 10.5 Å². The summed E-state index contributed by atoms with van der Waals surface area (Å²) in [7, 11) is 0. The molecule has 2 aromatic rings. The molecule has 148 valence electrons. The zero-order valence-corrected chi connectivity index (χ0v) is 15.9. The molecule has 1 heterocycles. The van der Waals surface area contributed by atoms with Gasteiger partial charge in [-0.3, -0.25) is 10.1 Å². The van der Waals surface area contributed by atoms with Gasteiger partial charge in [0.25, 0.3) is 5.69 Å². The van der Waals surface area contributed by atoms with Crippen LogP contribution in [0.1, 0.15) is 30.1 Å². The van der Waals surface area contributed by atoms with Crippen LogP contribution in [0.5, 0.6) is 5.75 Å². The van der Waals surface area contributed by atoms with Crippen molar-refractivity contribution in [3.8, 4) is 5.75 Å². The predicted molar refractivity (Wildman–Crippen MR) is 106 cm³/mol. The highest BCUT2D eigenvalue weighted by atomic mass is 16.6. The fourth-order valence-corrected chi connectivity index (χ4v) is 3.37. The molecule has 0 amide bonds. The lowest BCUT2D eigenvalue weighted by Gasteiger charge is -2.32. The standard InChI is InChI=1S/C21H24N2O5/c1-16-6-5-11-22(15-16)19-10-9-17(14-20(19)23(25)26)21(24)28-13-12-27-18-7-3-2-4-8-18/h2-4,7-10,14,16H,5-6,11-13,15H2,1H3/t16-/m0/s1. The van der Waals surface area contributed by atoms with Crippen LogP contribution in [0.15, 0.2) is 48.5 Å². The summed E-state index contributed by atoms with van der Waals surface area (Å²) in [5.74, 6) is 0.579. The minimum Gasteiger partial charge on any atom is -0.490 e. The van der Waals surface area contributed by atoms with Gasteiger partial charge in [0, 0.05) is 19.2 Å². The summed E-state index contributed by atoms with van der Waals surface area (Å²) >= 11 is 0. The van der Waals surface area contributed by atoms with Crippen LogP contribution in [0.4, 0.5) is 11.4 Å². The maximum Gasteiger partial charge on any atom is 0.338 e. The van der Waals surface area contributed by atoms with Crippen molar-refractivity contribution in [2.45, 2.75) is 19.8 Å². The molecule has 1 aliphatic heterocycles. The molecule has 0 spiro atoms. The summed E-state index contributed by atoms with van der Waals surface area (Å²) in [5, 5.41) is 11.5. The van der Waals surface area contributed by atoms with Crippen molar-refractivity contribution in [1.82, 2.24) is 0 Å². The number of ether oxygens (including phenoxy) is 2. The highest BCUT2D eigenvalue weighted by Gasteiger charge is 2.25. The van der Waals surface area contributed by atoms with E-state index in [4.69, 9.17) is 9.47 Å². The Hall–Kier alpha value is -3.09. The van der Waals surface area contributed by atoms with Crippen molar-refractivity contribution < 1.29 is 19.2 Å². The minimum absolute atomic E-state index is 0.0624. The molecular weight excluding hydrogens is 360 g/mol. The first-order chi connectivity index (χ1) is 13.5. The quantitative estimate of drug-likeness (QED) is 0.310. The Morgan fingerprint density at radius 1 is 1.21 bits per heavy atom. The van der Waals surface area contributed by atoms with Crippen molar-refractivity contribution in [3.63, 3.8) is 0 Å². The first kappa shape index (κ1) is 19.7. The third-order valence-corrected chi connectivity index (χ3v) is 4.73. The molecule has 28 heavy (non-hydrogen) atoms. The van der Waals surface area contributed by atoms with E-state index in [1.54, 1.807) is 12.1 Å². The lowest BCUT2D eigenvalue weighted by molar-refractivity contribution is -0.384. The van der Waals surface area contributed by atoms with E-state index in [9.17, 15) is 14.9 Å². The van der Waals surface area contributed by atoms with Gasteiger partial charge in [-0.25, -0.2) is 4.79 Å². The molecule has 0 N–H and O–H groups in total. The van der Waals surface area contributed by atoms with Gasteiger partial charge in [0.15, 0.2) is 0 Å². The van der Waals surface area contributed by atoms with Crippen LogP contribution in [0.3, 0.4) is 0 Å². The summed E-state index contributed by atoms with van der Waals surface area (Å²) in [6.07, 6.45) is 2.13. The number of carbonyl (C=O) groups is 1. The fraction of sp³-hybridized carbons (Fsp3) is 0.381.